The van der Waals surface area contributed by atoms with Crippen molar-refractivity contribution in [3.63, 3.8) is 0 Å². The van der Waals surface area contributed by atoms with Gasteiger partial charge in [-0.25, -0.2) is 0 Å². The SMILES string of the molecule is C[C@@H]1CN(Cc2ccccc2)C[C@H](C)C1NCCn1cccn1. The van der Waals surface area contributed by atoms with E-state index in [0.29, 0.717) is 17.9 Å². The van der Waals surface area contributed by atoms with Crippen LogP contribution in [-0.2, 0) is 13.1 Å². The van der Waals surface area contributed by atoms with Gasteiger partial charge in [0.05, 0.1) is 6.54 Å². The van der Waals surface area contributed by atoms with Crippen molar-refractivity contribution >= 4 is 0 Å². The van der Waals surface area contributed by atoms with Gasteiger partial charge >= 0.3 is 0 Å². The molecule has 0 radical (unpaired) electrons. The first-order valence-electron chi connectivity index (χ1n) is 8.69. The molecule has 124 valence electrons. The first-order chi connectivity index (χ1) is 11.2. The molecular weight excluding hydrogens is 284 g/mol. The predicted octanol–water partition coefficient (Wildman–Crippen LogP) is 2.63. The molecule has 3 atom stereocenters. The zero-order valence-corrected chi connectivity index (χ0v) is 14.2. The smallest absolute Gasteiger partial charge is 0.0534 e. The van der Waals surface area contributed by atoms with Crippen LogP contribution in [0.5, 0.6) is 0 Å². The summed E-state index contributed by atoms with van der Waals surface area (Å²) in [5.74, 6) is 1.33. The Morgan fingerprint density at radius 3 is 2.48 bits per heavy atom. The van der Waals surface area contributed by atoms with E-state index in [0.717, 1.165) is 19.6 Å². The van der Waals surface area contributed by atoms with E-state index in [1.165, 1.54) is 18.7 Å². The van der Waals surface area contributed by atoms with Crippen LogP contribution < -0.4 is 5.32 Å². The Balaban J connectivity index is 1.48. The standard InChI is InChI=1S/C19H28N4/c1-16-13-22(15-18-7-4-3-5-8-18)14-17(2)19(16)20-10-12-23-11-6-9-21-23/h3-9,11,16-17,19-20H,10,12-15H2,1-2H3/t16-,17+,19?. The minimum Gasteiger partial charge on any atom is -0.312 e. The van der Waals surface area contributed by atoms with Gasteiger partial charge in [-0.1, -0.05) is 44.2 Å². The Labute approximate surface area is 139 Å². The van der Waals surface area contributed by atoms with Crippen LogP contribution in [-0.4, -0.2) is 40.4 Å². The van der Waals surface area contributed by atoms with E-state index >= 15 is 0 Å². The lowest BCUT2D eigenvalue weighted by Crippen LogP contribution is -2.53. The van der Waals surface area contributed by atoms with Gasteiger partial charge in [-0.15, -0.1) is 0 Å². The molecule has 1 saturated heterocycles. The van der Waals surface area contributed by atoms with Gasteiger partial charge < -0.3 is 5.32 Å². The van der Waals surface area contributed by atoms with Crippen molar-refractivity contribution < 1.29 is 0 Å². The van der Waals surface area contributed by atoms with E-state index in [1.54, 1.807) is 0 Å². The van der Waals surface area contributed by atoms with Crippen LogP contribution in [0.15, 0.2) is 48.8 Å². The third kappa shape index (κ3) is 4.43. The van der Waals surface area contributed by atoms with E-state index in [1.807, 2.05) is 23.1 Å². The van der Waals surface area contributed by atoms with Gasteiger partial charge in [0.15, 0.2) is 0 Å². The zero-order valence-electron chi connectivity index (χ0n) is 14.2. The van der Waals surface area contributed by atoms with Crippen LogP contribution in [0.2, 0.25) is 0 Å². The topological polar surface area (TPSA) is 33.1 Å². The number of nitrogens with zero attached hydrogens (tertiary/aromatic N) is 3. The summed E-state index contributed by atoms with van der Waals surface area (Å²) < 4.78 is 1.99. The lowest BCUT2D eigenvalue weighted by atomic mass is 9.85. The summed E-state index contributed by atoms with van der Waals surface area (Å²) >= 11 is 0. The summed E-state index contributed by atoms with van der Waals surface area (Å²) in [7, 11) is 0. The number of rotatable bonds is 6. The summed E-state index contributed by atoms with van der Waals surface area (Å²) in [6, 6.07) is 13.4. The van der Waals surface area contributed by atoms with E-state index in [-0.39, 0.29) is 0 Å². The molecule has 1 aliphatic rings. The average molecular weight is 312 g/mol. The van der Waals surface area contributed by atoms with Gasteiger partial charge in [-0.3, -0.25) is 9.58 Å². The van der Waals surface area contributed by atoms with E-state index in [9.17, 15) is 0 Å². The first-order valence-corrected chi connectivity index (χ1v) is 8.69. The van der Waals surface area contributed by atoms with Crippen molar-refractivity contribution in [2.45, 2.75) is 33.0 Å². The van der Waals surface area contributed by atoms with Crippen molar-refractivity contribution in [2.75, 3.05) is 19.6 Å². The molecule has 0 amide bonds. The highest BCUT2D eigenvalue weighted by Gasteiger charge is 2.31. The summed E-state index contributed by atoms with van der Waals surface area (Å²) in [4.78, 5) is 2.59. The first kappa shape index (κ1) is 16.2. The predicted molar refractivity (Wildman–Crippen MR) is 94.1 cm³/mol. The van der Waals surface area contributed by atoms with Crippen LogP contribution in [0.1, 0.15) is 19.4 Å². The Morgan fingerprint density at radius 1 is 1.09 bits per heavy atom. The highest BCUT2D eigenvalue weighted by molar-refractivity contribution is 5.14. The molecule has 1 aromatic heterocycles. The molecule has 3 rings (SSSR count). The second-order valence-corrected chi connectivity index (χ2v) is 6.88. The molecule has 0 saturated carbocycles. The van der Waals surface area contributed by atoms with Crippen LogP contribution in [0.25, 0.3) is 0 Å². The fourth-order valence-electron chi connectivity index (χ4n) is 3.83. The number of likely N-dealkylation sites (tertiary alicyclic amines) is 1. The maximum Gasteiger partial charge on any atom is 0.0534 e. The molecule has 0 aliphatic carbocycles. The normalized spacial score (nSPS) is 25.6. The molecule has 2 aromatic rings. The third-order valence-electron chi connectivity index (χ3n) is 4.85. The van der Waals surface area contributed by atoms with Crippen molar-refractivity contribution in [3.8, 4) is 0 Å². The Bertz CT molecular complexity index is 554. The summed E-state index contributed by atoms with van der Waals surface area (Å²) in [6.07, 6.45) is 3.87. The van der Waals surface area contributed by atoms with Crippen LogP contribution >= 0.6 is 0 Å². The van der Waals surface area contributed by atoms with E-state index < -0.39 is 0 Å². The highest BCUT2D eigenvalue weighted by atomic mass is 15.3. The van der Waals surface area contributed by atoms with Gasteiger partial charge in [0.2, 0.25) is 0 Å². The van der Waals surface area contributed by atoms with Crippen molar-refractivity contribution in [1.29, 1.82) is 0 Å². The highest BCUT2D eigenvalue weighted by Crippen LogP contribution is 2.23. The number of benzene rings is 1. The monoisotopic (exact) mass is 312 g/mol. The number of aromatic nitrogens is 2. The number of piperidine rings is 1. The zero-order chi connectivity index (χ0) is 16.1. The molecule has 1 aromatic carbocycles. The number of hydrogen-bond donors (Lipinski definition) is 1. The van der Waals surface area contributed by atoms with Gasteiger partial charge in [-0.05, 0) is 23.5 Å². The third-order valence-corrected chi connectivity index (χ3v) is 4.85. The molecule has 1 fully saturated rings. The van der Waals surface area contributed by atoms with Crippen molar-refractivity contribution in [2.24, 2.45) is 11.8 Å². The van der Waals surface area contributed by atoms with E-state index in [4.69, 9.17) is 0 Å². The molecule has 23 heavy (non-hydrogen) atoms. The second kappa shape index (κ2) is 7.75. The van der Waals surface area contributed by atoms with Gasteiger partial charge in [0, 0.05) is 44.6 Å². The average Bonchev–Trinajstić information content (AvgIpc) is 3.04. The molecular formula is C19H28N4. The van der Waals surface area contributed by atoms with Gasteiger partial charge in [0.1, 0.15) is 0 Å². The molecule has 0 spiro atoms. The molecule has 2 heterocycles. The maximum atomic E-state index is 4.26. The Morgan fingerprint density at radius 2 is 1.83 bits per heavy atom. The molecule has 0 bridgehead atoms. The fraction of sp³-hybridized carbons (Fsp3) is 0.526. The molecule has 4 nitrogen and oxygen atoms in total. The molecule has 4 heteroatoms. The summed E-state index contributed by atoms with van der Waals surface area (Å²) in [6.45, 7) is 10.1. The molecule has 1 aliphatic heterocycles. The van der Waals surface area contributed by atoms with Crippen molar-refractivity contribution in [3.05, 3.63) is 54.4 Å². The quantitative estimate of drug-likeness (QED) is 0.890. The second-order valence-electron chi connectivity index (χ2n) is 6.88. The van der Waals surface area contributed by atoms with Crippen molar-refractivity contribution in [1.82, 2.24) is 20.0 Å². The van der Waals surface area contributed by atoms with Gasteiger partial charge in [-0.2, -0.15) is 5.10 Å². The largest absolute Gasteiger partial charge is 0.312 e. The lowest BCUT2D eigenvalue weighted by molar-refractivity contribution is 0.0943. The van der Waals surface area contributed by atoms with Crippen LogP contribution in [0, 0.1) is 11.8 Å². The number of hydrogen-bond acceptors (Lipinski definition) is 3. The van der Waals surface area contributed by atoms with Crippen LogP contribution in [0.3, 0.4) is 0 Å². The molecule has 1 N–H and O–H groups in total. The van der Waals surface area contributed by atoms with E-state index in [2.05, 4.69) is 59.5 Å². The van der Waals surface area contributed by atoms with Gasteiger partial charge in [0.25, 0.3) is 0 Å². The summed E-state index contributed by atoms with van der Waals surface area (Å²) in [5.41, 5.74) is 1.41. The molecule has 1 unspecified atom stereocenters. The Kier molecular flexibility index (Phi) is 5.47. The lowest BCUT2D eigenvalue weighted by Gasteiger charge is -2.42. The number of nitrogens with one attached hydrogen (secondary N) is 1. The Hall–Kier alpha value is -1.65. The minimum atomic E-state index is 0.595. The summed E-state index contributed by atoms with van der Waals surface area (Å²) in [5, 5.41) is 8.02. The fourth-order valence-corrected chi connectivity index (χ4v) is 3.83. The maximum absolute atomic E-state index is 4.26. The van der Waals surface area contributed by atoms with Crippen LogP contribution in [0.4, 0.5) is 0 Å². The minimum absolute atomic E-state index is 0.595.